The number of allylic oxidation sites excluding steroid dienone is 2. The van der Waals surface area contributed by atoms with E-state index < -0.39 is 46.8 Å². The van der Waals surface area contributed by atoms with Crippen LogP contribution in [0.2, 0.25) is 5.02 Å². The SMILES string of the molecule is COc1cc(O)cc(OC)c1C1C2=CCC3C(=O)N(Cc4ccccc4)C(=O)C3C2CC2C(=O)N(c3cccc(Cl)c3)C(=O)C21c1ccccc1. The number of likely N-dealkylation sites (tertiary alicyclic amines) is 1. The zero-order valence-electron chi connectivity index (χ0n) is 28.0. The molecule has 0 spiro atoms. The number of anilines is 1. The Balaban J connectivity index is 1.38. The van der Waals surface area contributed by atoms with Gasteiger partial charge in [-0.05, 0) is 48.1 Å². The summed E-state index contributed by atoms with van der Waals surface area (Å²) in [5.41, 5.74) is 1.48. The third-order valence-corrected chi connectivity index (χ3v) is 11.5. The highest BCUT2D eigenvalue weighted by Crippen LogP contribution is 2.66. The van der Waals surface area contributed by atoms with Crippen LogP contribution >= 0.6 is 11.6 Å². The second-order valence-corrected chi connectivity index (χ2v) is 14.0. The number of carbonyl (C=O) groups is 4. The third kappa shape index (κ3) is 4.82. The molecule has 0 radical (unpaired) electrons. The molecule has 2 aliphatic heterocycles. The van der Waals surface area contributed by atoms with E-state index in [1.807, 2.05) is 66.7 Å². The van der Waals surface area contributed by atoms with Crippen LogP contribution < -0.4 is 14.4 Å². The zero-order chi connectivity index (χ0) is 35.6. The number of phenols is 1. The van der Waals surface area contributed by atoms with E-state index in [0.717, 1.165) is 11.1 Å². The van der Waals surface area contributed by atoms with Gasteiger partial charge in [0.15, 0.2) is 0 Å². The maximum atomic E-state index is 15.5. The molecule has 1 saturated carbocycles. The third-order valence-electron chi connectivity index (χ3n) is 11.3. The lowest BCUT2D eigenvalue weighted by Gasteiger charge is -2.51. The molecule has 2 aliphatic carbocycles. The van der Waals surface area contributed by atoms with E-state index in [9.17, 15) is 19.5 Å². The van der Waals surface area contributed by atoms with E-state index in [0.29, 0.717) is 21.8 Å². The highest BCUT2D eigenvalue weighted by atomic mass is 35.5. The van der Waals surface area contributed by atoms with E-state index in [4.69, 9.17) is 21.1 Å². The monoisotopic (exact) mass is 702 g/mol. The number of hydrogen-bond acceptors (Lipinski definition) is 7. The molecule has 4 aromatic rings. The first-order valence-electron chi connectivity index (χ1n) is 16.9. The second kappa shape index (κ2) is 12.4. The van der Waals surface area contributed by atoms with Gasteiger partial charge < -0.3 is 14.6 Å². The van der Waals surface area contributed by atoms with Gasteiger partial charge in [-0.15, -0.1) is 0 Å². The highest BCUT2D eigenvalue weighted by Gasteiger charge is 2.71. The second-order valence-electron chi connectivity index (χ2n) is 13.6. The number of halogens is 1. The number of benzene rings is 4. The van der Waals surface area contributed by atoms with Crippen molar-refractivity contribution in [3.05, 3.63) is 130 Å². The van der Waals surface area contributed by atoms with Crippen molar-refractivity contribution < 1.29 is 33.8 Å². The van der Waals surface area contributed by atoms with Gasteiger partial charge in [-0.25, -0.2) is 4.90 Å². The first-order valence-corrected chi connectivity index (χ1v) is 17.3. The van der Waals surface area contributed by atoms with Crippen LogP contribution in [-0.2, 0) is 31.1 Å². The number of amides is 4. The molecular formula is C41H35ClN2O7. The Kier molecular flexibility index (Phi) is 7.98. The lowest BCUT2D eigenvalue weighted by Crippen LogP contribution is -2.53. The Morgan fingerprint density at radius 1 is 0.804 bits per heavy atom. The van der Waals surface area contributed by atoms with Crippen LogP contribution in [0.25, 0.3) is 0 Å². The van der Waals surface area contributed by atoms with Gasteiger partial charge >= 0.3 is 0 Å². The summed E-state index contributed by atoms with van der Waals surface area (Å²) < 4.78 is 11.8. The smallest absolute Gasteiger partial charge is 0.246 e. The number of rotatable bonds is 7. The molecule has 0 aromatic heterocycles. The molecule has 10 heteroatoms. The van der Waals surface area contributed by atoms with Crippen molar-refractivity contribution in [3.8, 4) is 17.2 Å². The van der Waals surface area contributed by atoms with Gasteiger partial charge in [0, 0.05) is 28.6 Å². The number of imide groups is 2. The maximum absolute atomic E-state index is 15.5. The molecular weight excluding hydrogens is 668 g/mol. The molecule has 6 unspecified atom stereocenters. The summed E-state index contributed by atoms with van der Waals surface area (Å²) in [6, 6.07) is 28.2. The van der Waals surface area contributed by atoms with E-state index in [1.165, 1.54) is 36.2 Å². The molecule has 2 saturated heterocycles. The van der Waals surface area contributed by atoms with Gasteiger partial charge in [-0.3, -0.25) is 24.1 Å². The topological polar surface area (TPSA) is 113 Å². The predicted molar refractivity (Wildman–Crippen MR) is 189 cm³/mol. The van der Waals surface area contributed by atoms with Crippen LogP contribution in [0.5, 0.6) is 17.2 Å². The van der Waals surface area contributed by atoms with Crippen LogP contribution in [0.4, 0.5) is 5.69 Å². The fourth-order valence-corrected chi connectivity index (χ4v) is 9.44. The predicted octanol–water partition coefficient (Wildman–Crippen LogP) is 6.43. The number of phenolic OH excluding ortho intramolecular Hbond substituents is 1. The Labute approximate surface area is 300 Å². The molecule has 4 aromatic carbocycles. The van der Waals surface area contributed by atoms with Crippen molar-refractivity contribution in [1.29, 1.82) is 0 Å². The Morgan fingerprint density at radius 3 is 2.12 bits per heavy atom. The summed E-state index contributed by atoms with van der Waals surface area (Å²) >= 11 is 6.41. The summed E-state index contributed by atoms with van der Waals surface area (Å²) in [4.78, 5) is 61.5. The van der Waals surface area contributed by atoms with Crippen molar-refractivity contribution >= 4 is 40.9 Å². The molecule has 258 valence electrons. The fraction of sp³-hybridized carbons (Fsp3) is 0.268. The summed E-state index contributed by atoms with van der Waals surface area (Å²) in [6.45, 7) is 0.147. The van der Waals surface area contributed by atoms with Crippen molar-refractivity contribution in [2.75, 3.05) is 19.1 Å². The number of nitrogens with zero attached hydrogens (tertiary/aromatic N) is 2. The van der Waals surface area contributed by atoms with Crippen LogP contribution in [0.3, 0.4) is 0 Å². The van der Waals surface area contributed by atoms with Gasteiger partial charge in [0.25, 0.3) is 0 Å². The van der Waals surface area contributed by atoms with Gasteiger partial charge in [0.1, 0.15) is 17.2 Å². The summed E-state index contributed by atoms with van der Waals surface area (Å²) in [7, 11) is 2.94. The molecule has 0 bridgehead atoms. The highest BCUT2D eigenvalue weighted by molar-refractivity contribution is 6.32. The number of fused-ring (bicyclic) bond motifs is 4. The van der Waals surface area contributed by atoms with Gasteiger partial charge in [-0.2, -0.15) is 0 Å². The van der Waals surface area contributed by atoms with Crippen molar-refractivity contribution in [3.63, 3.8) is 0 Å². The average Bonchev–Trinajstić information content (AvgIpc) is 3.52. The van der Waals surface area contributed by atoms with Crippen molar-refractivity contribution in [2.24, 2.45) is 23.7 Å². The van der Waals surface area contributed by atoms with Crippen LogP contribution in [-0.4, -0.2) is 47.9 Å². The Morgan fingerprint density at radius 2 is 1.47 bits per heavy atom. The minimum atomic E-state index is -1.53. The Hall–Kier alpha value is -5.41. The molecule has 8 rings (SSSR count). The molecule has 51 heavy (non-hydrogen) atoms. The largest absolute Gasteiger partial charge is 0.508 e. The fourth-order valence-electron chi connectivity index (χ4n) is 9.25. The van der Waals surface area contributed by atoms with Crippen molar-refractivity contribution in [2.45, 2.75) is 30.7 Å². The average molecular weight is 703 g/mol. The molecule has 4 amide bonds. The van der Waals surface area contributed by atoms with Gasteiger partial charge in [0.05, 0.1) is 49.6 Å². The van der Waals surface area contributed by atoms with E-state index >= 15 is 4.79 Å². The number of aromatic hydroxyl groups is 1. The molecule has 6 atom stereocenters. The van der Waals surface area contributed by atoms with Crippen molar-refractivity contribution in [1.82, 2.24) is 4.90 Å². The zero-order valence-corrected chi connectivity index (χ0v) is 28.7. The molecule has 1 N–H and O–H groups in total. The summed E-state index contributed by atoms with van der Waals surface area (Å²) in [6.07, 6.45) is 2.42. The summed E-state index contributed by atoms with van der Waals surface area (Å²) in [5, 5.41) is 11.1. The van der Waals surface area contributed by atoms with E-state index in [2.05, 4.69) is 0 Å². The normalized spacial score (nSPS) is 26.8. The van der Waals surface area contributed by atoms with Crippen LogP contribution in [0.1, 0.15) is 35.4 Å². The standard InChI is InChI=1S/C41H35ClN2O7/c1-50-32-19-27(45)20-33(51-2)35(32)36-28-16-17-29-34(39(48)43(37(29)46)22-23-10-5-3-6-11-23)30(28)21-31-38(47)44(26-15-9-14-25(42)18-26)40(49)41(31,36)24-12-7-4-8-13-24/h3-16,18-20,29-31,34,36,45H,17,21-22H2,1-2H3. The first kappa shape index (κ1) is 32.8. The minimum absolute atomic E-state index is 0.106. The summed E-state index contributed by atoms with van der Waals surface area (Å²) in [5.74, 6) is -4.74. The lowest BCUT2D eigenvalue weighted by molar-refractivity contribution is -0.141. The van der Waals surface area contributed by atoms with E-state index in [1.54, 1.807) is 24.3 Å². The molecule has 3 fully saturated rings. The van der Waals surface area contributed by atoms with E-state index in [-0.39, 0.29) is 48.4 Å². The maximum Gasteiger partial charge on any atom is 0.246 e. The lowest BCUT2D eigenvalue weighted by atomic mass is 9.49. The number of hydrogen-bond donors (Lipinski definition) is 1. The number of methoxy groups -OCH3 is 2. The van der Waals surface area contributed by atoms with Crippen LogP contribution in [0, 0.1) is 23.7 Å². The molecule has 2 heterocycles. The van der Waals surface area contributed by atoms with Gasteiger partial charge in [-0.1, -0.05) is 90.0 Å². The Bertz CT molecular complexity index is 2090. The minimum Gasteiger partial charge on any atom is -0.508 e. The molecule has 9 nitrogen and oxygen atoms in total. The quantitative estimate of drug-likeness (QED) is 0.175. The number of ether oxygens (including phenoxy) is 2. The first-order chi connectivity index (χ1) is 24.7. The van der Waals surface area contributed by atoms with Gasteiger partial charge in [0.2, 0.25) is 23.6 Å². The number of carbonyl (C=O) groups excluding carboxylic acids is 4. The van der Waals surface area contributed by atoms with Crippen LogP contribution in [0.15, 0.2) is 109 Å². The molecule has 4 aliphatic rings.